The van der Waals surface area contributed by atoms with Crippen LogP contribution < -0.4 is 0 Å². The number of carboxylic acid groups (broad SMARTS) is 3. The van der Waals surface area contributed by atoms with E-state index in [0.29, 0.717) is 6.61 Å². The summed E-state index contributed by atoms with van der Waals surface area (Å²) in [5.41, 5.74) is 3.33. The average molecular weight is 682 g/mol. The van der Waals surface area contributed by atoms with Crippen molar-refractivity contribution in [3.63, 3.8) is 0 Å². The van der Waals surface area contributed by atoms with Gasteiger partial charge in [-0.15, -0.1) is 0 Å². The Morgan fingerprint density at radius 3 is 1.80 bits per heavy atom. The summed E-state index contributed by atoms with van der Waals surface area (Å²) in [6.07, 6.45) is -9.33. The number of likely N-dealkylation sites (tertiary alicyclic amines) is 1. The van der Waals surface area contributed by atoms with Crippen molar-refractivity contribution in [3.05, 3.63) is 59.7 Å². The fourth-order valence-corrected chi connectivity index (χ4v) is 3.86. The number of ether oxygens (including phenoxy) is 2. The van der Waals surface area contributed by atoms with E-state index >= 15 is 0 Å². The van der Waals surface area contributed by atoms with Crippen LogP contribution in [0, 0.1) is 6.92 Å². The summed E-state index contributed by atoms with van der Waals surface area (Å²) in [6, 6.07) is 10.2. The van der Waals surface area contributed by atoms with Crippen LogP contribution in [0.1, 0.15) is 29.8 Å². The molecule has 0 saturated carbocycles. The first-order valence-electron chi connectivity index (χ1n) is 12.7. The van der Waals surface area contributed by atoms with Crippen molar-refractivity contribution < 1.29 is 78.7 Å². The lowest BCUT2D eigenvalue weighted by atomic mass is 9.84. The summed E-state index contributed by atoms with van der Waals surface area (Å²) in [6.45, 7) is 6.32. The predicted molar refractivity (Wildman–Crippen MR) is 136 cm³/mol. The Balaban J connectivity index is 0.000000413. The van der Waals surface area contributed by atoms with E-state index < -0.39 is 36.4 Å². The van der Waals surface area contributed by atoms with E-state index in [-0.39, 0.29) is 11.7 Å². The first-order chi connectivity index (χ1) is 21.0. The highest BCUT2D eigenvalue weighted by Gasteiger charge is 2.47. The fraction of sp³-hybridized carbons (Fsp3) is 0.500. The first-order valence-corrected chi connectivity index (χ1v) is 12.7. The molecular weight excluding hydrogens is 653 g/mol. The Morgan fingerprint density at radius 2 is 1.37 bits per heavy atom. The van der Waals surface area contributed by atoms with Gasteiger partial charge >= 0.3 is 36.4 Å². The molecule has 4 rings (SSSR count). The van der Waals surface area contributed by atoms with E-state index in [1.54, 1.807) is 0 Å². The van der Waals surface area contributed by atoms with Crippen molar-refractivity contribution >= 4 is 17.9 Å². The third-order valence-electron chi connectivity index (χ3n) is 5.77. The number of nitrogens with zero attached hydrogens (tertiary/aromatic N) is 3. The second kappa shape index (κ2) is 17.0. The molecule has 1 spiro atoms. The molecule has 258 valence electrons. The maximum Gasteiger partial charge on any atom is 0.490 e. The van der Waals surface area contributed by atoms with Gasteiger partial charge in [0.25, 0.3) is 0 Å². The van der Waals surface area contributed by atoms with Crippen LogP contribution in [-0.4, -0.2) is 98.0 Å². The molecule has 2 aromatic rings. The molecule has 4 heterocycles. The van der Waals surface area contributed by atoms with Crippen LogP contribution >= 0.6 is 0 Å². The highest BCUT2D eigenvalue weighted by Crippen LogP contribution is 2.36. The van der Waals surface area contributed by atoms with Gasteiger partial charge < -0.3 is 24.8 Å². The van der Waals surface area contributed by atoms with Crippen LogP contribution in [0.3, 0.4) is 0 Å². The van der Waals surface area contributed by atoms with Crippen LogP contribution in [0.2, 0.25) is 0 Å². The molecule has 0 aliphatic carbocycles. The number of carboxylic acids is 3. The first kappa shape index (κ1) is 40.0. The lowest BCUT2D eigenvalue weighted by molar-refractivity contribution is -0.200. The van der Waals surface area contributed by atoms with Gasteiger partial charge in [-0.05, 0) is 43.2 Å². The molecule has 46 heavy (non-hydrogen) atoms. The van der Waals surface area contributed by atoms with Gasteiger partial charge in [0.1, 0.15) is 0 Å². The van der Waals surface area contributed by atoms with Crippen LogP contribution in [0.15, 0.2) is 42.7 Å². The van der Waals surface area contributed by atoms with Crippen molar-refractivity contribution in [2.24, 2.45) is 0 Å². The van der Waals surface area contributed by atoms with E-state index in [4.69, 9.17) is 39.2 Å². The van der Waals surface area contributed by atoms with Gasteiger partial charge in [0, 0.05) is 50.7 Å². The molecule has 0 bridgehead atoms. The van der Waals surface area contributed by atoms with Gasteiger partial charge in [-0.3, -0.25) is 14.9 Å². The summed E-state index contributed by atoms with van der Waals surface area (Å²) in [5.74, 6) is -8.27. The summed E-state index contributed by atoms with van der Waals surface area (Å²) in [7, 11) is 0. The number of hydrogen-bond donors (Lipinski definition) is 3. The third kappa shape index (κ3) is 15.3. The molecular formula is C26H28F9N3O8. The fourth-order valence-electron chi connectivity index (χ4n) is 3.86. The molecule has 20 heteroatoms. The van der Waals surface area contributed by atoms with E-state index in [1.807, 2.05) is 37.5 Å². The Kier molecular flexibility index (Phi) is 14.8. The topological polar surface area (TPSA) is 159 Å². The molecule has 0 amide bonds. The average Bonchev–Trinajstić information content (AvgIpc) is 2.91. The Hall–Kier alpha value is -4.04. The van der Waals surface area contributed by atoms with Crippen molar-refractivity contribution in [2.45, 2.75) is 63.2 Å². The van der Waals surface area contributed by atoms with E-state index in [1.165, 1.54) is 5.56 Å². The molecule has 0 radical (unpaired) electrons. The smallest absolute Gasteiger partial charge is 0.475 e. The van der Waals surface area contributed by atoms with Crippen LogP contribution in [0.4, 0.5) is 39.5 Å². The van der Waals surface area contributed by atoms with Gasteiger partial charge in [-0.1, -0.05) is 6.07 Å². The SMILES string of the molecule is Cc1cccc(COC2CCOC3(C2)CN(Cc2ccncc2)C3)n1.O=C(O)C(F)(F)F.O=C(O)C(F)(F)F.O=C(O)C(F)(F)F. The van der Waals surface area contributed by atoms with Crippen molar-refractivity contribution in [2.75, 3.05) is 19.7 Å². The predicted octanol–water partition coefficient (Wildman–Crippen LogP) is 4.64. The van der Waals surface area contributed by atoms with Gasteiger partial charge in [-0.25, -0.2) is 14.4 Å². The van der Waals surface area contributed by atoms with Gasteiger partial charge in [0.15, 0.2) is 0 Å². The van der Waals surface area contributed by atoms with Gasteiger partial charge in [0.2, 0.25) is 0 Å². The quantitative estimate of drug-likeness (QED) is 0.378. The molecule has 2 aliphatic rings. The normalized spacial score (nSPS) is 17.5. The number of pyridine rings is 2. The summed E-state index contributed by atoms with van der Waals surface area (Å²) in [4.78, 5) is 37.7. The molecule has 2 aliphatic heterocycles. The minimum absolute atomic E-state index is 0.0179. The molecule has 2 saturated heterocycles. The summed E-state index contributed by atoms with van der Waals surface area (Å²) < 4.78 is 107. The molecule has 3 N–H and O–H groups in total. The number of aromatic nitrogens is 2. The highest BCUT2D eigenvalue weighted by molar-refractivity contribution is 5.73. The number of carbonyl (C=O) groups is 3. The zero-order chi connectivity index (χ0) is 35.3. The Morgan fingerprint density at radius 1 is 0.891 bits per heavy atom. The van der Waals surface area contributed by atoms with E-state index in [2.05, 4.69) is 27.0 Å². The number of hydrogen-bond acceptors (Lipinski definition) is 8. The molecule has 1 unspecified atom stereocenters. The van der Waals surface area contributed by atoms with E-state index in [0.717, 1.165) is 50.5 Å². The standard InChI is InChI=1S/C20H25N3O2.3C2HF3O2/c1-16-3-2-4-18(22-16)13-24-19-7-10-25-20(11-19)14-23(15-20)12-17-5-8-21-9-6-17;3*3-2(4,5)1(6)7/h2-6,8-9,19H,7,10-15H2,1H3;3*(H,6,7). The number of aliphatic carboxylic acids is 3. The summed E-state index contributed by atoms with van der Waals surface area (Å²) >= 11 is 0. The molecule has 11 nitrogen and oxygen atoms in total. The minimum Gasteiger partial charge on any atom is -0.475 e. The maximum absolute atomic E-state index is 10.6. The number of halogens is 9. The molecule has 2 aromatic heterocycles. The van der Waals surface area contributed by atoms with Crippen LogP contribution in [0.25, 0.3) is 0 Å². The molecule has 1 atom stereocenters. The van der Waals surface area contributed by atoms with Crippen molar-refractivity contribution in [3.8, 4) is 0 Å². The van der Waals surface area contributed by atoms with E-state index in [9.17, 15) is 39.5 Å². The van der Waals surface area contributed by atoms with Crippen molar-refractivity contribution in [1.82, 2.24) is 14.9 Å². The van der Waals surface area contributed by atoms with Crippen LogP contribution in [-0.2, 0) is 37.0 Å². The van der Waals surface area contributed by atoms with Gasteiger partial charge in [-0.2, -0.15) is 39.5 Å². The second-order valence-corrected chi connectivity index (χ2v) is 9.64. The van der Waals surface area contributed by atoms with Gasteiger partial charge in [0.05, 0.1) is 24.0 Å². The van der Waals surface area contributed by atoms with Crippen LogP contribution in [0.5, 0.6) is 0 Å². The highest BCUT2D eigenvalue weighted by atomic mass is 19.4. The molecule has 0 aromatic carbocycles. The number of alkyl halides is 9. The van der Waals surface area contributed by atoms with Crippen molar-refractivity contribution in [1.29, 1.82) is 0 Å². The Bertz CT molecular complexity index is 1210. The number of aryl methyl sites for hydroxylation is 1. The lowest BCUT2D eigenvalue weighted by Crippen LogP contribution is -2.65. The monoisotopic (exact) mass is 681 g/mol. The lowest BCUT2D eigenvalue weighted by Gasteiger charge is -2.53. The second-order valence-electron chi connectivity index (χ2n) is 9.64. The Labute approximate surface area is 254 Å². The minimum atomic E-state index is -5.08. The zero-order valence-electron chi connectivity index (χ0n) is 23.7. The number of rotatable bonds is 5. The maximum atomic E-state index is 10.6. The third-order valence-corrected chi connectivity index (χ3v) is 5.77. The molecule has 2 fully saturated rings. The zero-order valence-corrected chi connectivity index (χ0v) is 23.7. The summed E-state index contributed by atoms with van der Waals surface area (Å²) in [5, 5.41) is 21.4. The largest absolute Gasteiger partial charge is 0.490 e.